The van der Waals surface area contributed by atoms with E-state index in [1.54, 1.807) is 6.92 Å². The van der Waals surface area contributed by atoms with E-state index in [4.69, 9.17) is 1.37 Å². The summed E-state index contributed by atoms with van der Waals surface area (Å²) in [6, 6.07) is 0. The predicted molar refractivity (Wildman–Crippen MR) is 45.3 cm³/mol. The molecule has 1 unspecified atom stereocenters. The van der Waals surface area contributed by atoms with Crippen LogP contribution in [0.15, 0.2) is 6.20 Å². The smallest absolute Gasteiger partial charge is 0.342 e. The molecule has 0 fully saturated rings. The van der Waals surface area contributed by atoms with Crippen LogP contribution in [0.5, 0.6) is 0 Å². The Morgan fingerprint density at radius 2 is 2.69 bits per heavy atom. The van der Waals surface area contributed by atoms with Crippen molar-refractivity contribution in [1.29, 1.82) is 0 Å². The van der Waals surface area contributed by atoms with E-state index in [0.29, 0.717) is 5.82 Å². The second kappa shape index (κ2) is 3.53. The summed E-state index contributed by atoms with van der Waals surface area (Å²) in [7, 11) is 0. The summed E-state index contributed by atoms with van der Waals surface area (Å²) in [5.74, 6) is 0.305. The molecule has 1 aromatic rings. The second-order valence-corrected chi connectivity index (χ2v) is 2.69. The minimum absolute atomic E-state index is 0.0334. The molecule has 1 atom stereocenters. The molecule has 1 aromatic heterocycles. The Balaban J connectivity index is 2.93. The number of rotatable bonds is 3. The number of aryl methyl sites for hydroxylation is 1. The quantitative estimate of drug-likeness (QED) is 0.550. The van der Waals surface area contributed by atoms with Crippen LogP contribution < -0.4 is 0 Å². The summed E-state index contributed by atoms with van der Waals surface area (Å²) in [4.78, 5) is 13.7. The van der Waals surface area contributed by atoms with Crippen LogP contribution in [0.25, 0.3) is 0 Å². The lowest BCUT2D eigenvalue weighted by molar-refractivity contribution is -0.392. The maximum atomic E-state index is 10.5. The Kier molecular flexibility index (Phi) is 2.22. The van der Waals surface area contributed by atoms with Gasteiger partial charge in [-0.2, -0.15) is 0 Å². The van der Waals surface area contributed by atoms with Crippen LogP contribution in [0.1, 0.15) is 14.1 Å². The van der Waals surface area contributed by atoms with Gasteiger partial charge in [0.05, 0.1) is 6.10 Å². The summed E-state index contributed by atoms with van der Waals surface area (Å²) in [5.41, 5.74) is 0. The van der Waals surface area contributed by atoms with Gasteiger partial charge in [0.15, 0.2) is 5.82 Å². The van der Waals surface area contributed by atoms with E-state index in [-0.39, 0.29) is 19.3 Å². The molecule has 6 nitrogen and oxygen atoms in total. The first-order chi connectivity index (χ1) is 6.56. The van der Waals surface area contributed by atoms with Crippen molar-refractivity contribution < 1.29 is 11.4 Å². The third-order valence-electron chi connectivity index (χ3n) is 1.61. The van der Waals surface area contributed by atoms with Gasteiger partial charge in [0, 0.05) is 8.29 Å². The van der Waals surface area contributed by atoms with Crippen LogP contribution in [-0.2, 0) is 6.54 Å². The third-order valence-corrected chi connectivity index (χ3v) is 1.61. The average molecular weight is 186 g/mol. The van der Waals surface area contributed by atoms with Gasteiger partial charge < -0.3 is 15.2 Å². The molecule has 13 heavy (non-hydrogen) atoms. The molecule has 72 valence electrons. The topological polar surface area (TPSA) is 81.2 Å². The van der Waals surface area contributed by atoms with Crippen LogP contribution in [0.3, 0.4) is 0 Å². The fourth-order valence-corrected chi connectivity index (χ4v) is 1.04. The molecule has 0 aliphatic rings. The lowest BCUT2D eigenvalue weighted by Crippen LogP contribution is -2.14. The maximum absolute atomic E-state index is 10.5. The first-order valence-electron chi connectivity index (χ1n) is 4.40. The molecule has 0 amide bonds. The van der Waals surface area contributed by atoms with Gasteiger partial charge in [-0.25, -0.2) is 9.55 Å². The minimum atomic E-state index is -0.901. The molecule has 0 bridgehead atoms. The molecule has 0 spiro atoms. The van der Waals surface area contributed by atoms with Gasteiger partial charge in [0.2, 0.25) is 0 Å². The van der Waals surface area contributed by atoms with E-state index in [1.807, 2.05) is 0 Å². The molecule has 0 saturated heterocycles. The molecular weight excluding hydrogens is 174 g/mol. The standard InChI is InChI=1S/C7H11N3O3/c1-5(11)4-9-6(2)8-3-7(9)10(12)13/h3,5,11H,4H2,1-2H3/i1D. The average Bonchev–Trinajstić information content (AvgIpc) is 2.48. The number of aliphatic hydroxyl groups is 1. The molecule has 1 N–H and O–H groups in total. The van der Waals surface area contributed by atoms with Gasteiger partial charge in [-0.1, -0.05) is 0 Å². The highest BCUT2D eigenvalue weighted by Gasteiger charge is 2.18. The normalized spacial score (nSPS) is 13.8. The van der Waals surface area contributed by atoms with Crippen molar-refractivity contribution in [2.24, 2.45) is 0 Å². The third kappa shape index (κ3) is 2.03. The van der Waals surface area contributed by atoms with Crippen molar-refractivity contribution in [2.45, 2.75) is 26.5 Å². The molecular formula is C7H11N3O3. The fourth-order valence-electron chi connectivity index (χ4n) is 1.04. The van der Waals surface area contributed by atoms with Gasteiger partial charge in [0.1, 0.15) is 12.7 Å². The van der Waals surface area contributed by atoms with Crippen molar-refractivity contribution >= 4 is 5.82 Å². The number of hydrogen-bond acceptors (Lipinski definition) is 4. The Morgan fingerprint density at radius 3 is 3.23 bits per heavy atom. The highest BCUT2D eigenvalue weighted by molar-refractivity contribution is 5.18. The highest BCUT2D eigenvalue weighted by atomic mass is 16.6. The first-order valence-corrected chi connectivity index (χ1v) is 3.70. The summed E-state index contributed by atoms with van der Waals surface area (Å²) < 4.78 is 8.20. The Labute approximate surface area is 76.4 Å². The molecule has 0 saturated carbocycles. The molecule has 0 aliphatic carbocycles. The Bertz CT molecular complexity index is 339. The van der Waals surface area contributed by atoms with Crippen molar-refractivity contribution in [3.05, 3.63) is 22.1 Å². The number of imidazole rings is 1. The number of nitrogens with zero attached hydrogens (tertiary/aromatic N) is 3. The number of aliphatic hydroxyl groups excluding tert-OH is 1. The zero-order valence-corrected chi connectivity index (χ0v) is 7.17. The number of aromatic nitrogens is 2. The van der Waals surface area contributed by atoms with Crippen LogP contribution in [0, 0.1) is 17.0 Å². The monoisotopic (exact) mass is 186 g/mol. The van der Waals surface area contributed by atoms with Crippen LogP contribution in [0.2, 0.25) is 0 Å². The predicted octanol–water partition coefficient (Wildman–Crippen LogP) is 0.481. The van der Waals surface area contributed by atoms with Gasteiger partial charge in [0.25, 0.3) is 0 Å². The zero-order chi connectivity index (χ0) is 10.7. The van der Waals surface area contributed by atoms with Crippen molar-refractivity contribution in [3.8, 4) is 0 Å². The van der Waals surface area contributed by atoms with Gasteiger partial charge in [-0.3, -0.25) is 0 Å². The summed E-state index contributed by atoms with van der Waals surface area (Å²) in [6.45, 7) is 1.46. The zero-order valence-electron chi connectivity index (χ0n) is 8.17. The van der Waals surface area contributed by atoms with Crippen LogP contribution >= 0.6 is 0 Å². The molecule has 1 heterocycles. The molecule has 1 rings (SSSR count). The largest absolute Gasteiger partial charge is 0.389 e. The fraction of sp³-hybridized carbons (Fsp3) is 0.571. The summed E-state index contributed by atoms with van der Waals surface area (Å²) >= 11 is 0. The first kappa shape index (κ1) is 8.18. The van der Waals surface area contributed by atoms with Crippen molar-refractivity contribution in [1.82, 2.24) is 9.55 Å². The van der Waals surface area contributed by atoms with Crippen molar-refractivity contribution in [3.63, 3.8) is 0 Å². The lowest BCUT2D eigenvalue weighted by Gasteiger charge is -2.04. The Hall–Kier alpha value is -1.43. The van der Waals surface area contributed by atoms with Gasteiger partial charge in [-0.15, -0.1) is 0 Å². The second-order valence-electron chi connectivity index (χ2n) is 2.69. The van der Waals surface area contributed by atoms with E-state index in [2.05, 4.69) is 4.98 Å². The molecule has 0 aliphatic heterocycles. The van der Waals surface area contributed by atoms with E-state index >= 15 is 0 Å². The summed E-state index contributed by atoms with van der Waals surface area (Å²) in [6.07, 6.45) is 0.244. The van der Waals surface area contributed by atoms with Gasteiger partial charge in [-0.05, 0) is 11.8 Å². The van der Waals surface area contributed by atoms with E-state index in [0.717, 1.165) is 6.20 Å². The molecule has 0 radical (unpaired) electrons. The number of hydrogen-bond donors (Lipinski definition) is 1. The summed E-state index contributed by atoms with van der Waals surface area (Å²) in [5, 5.41) is 19.7. The van der Waals surface area contributed by atoms with E-state index in [9.17, 15) is 15.2 Å². The SMILES string of the molecule is [2H]CC(O)Cn1c([N+](=O)[O-])cnc1C. The Morgan fingerprint density at radius 1 is 2.00 bits per heavy atom. The van der Waals surface area contributed by atoms with Crippen LogP contribution in [-0.4, -0.2) is 25.7 Å². The van der Waals surface area contributed by atoms with Gasteiger partial charge >= 0.3 is 5.82 Å². The minimum Gasteiger partial charge on any atom is -0.389 e. The van der Waals surface area contributed by atoms with E-state index in [1.165, 1.54) is 4.57 Å². The van der Waals surface area contributed by atoms with E-state index < -0.39 is 11.0 Å². The number of nitro groups is 1. The lowest BCUT2D eigenvalue weighted by atomic mass is 10.4. The molecule has 6 heteroatoms. The molecule has 0 aromatic carbocycles. The van der Waals surface area contributed by atoms with Crippen molar-refractivity contribution in [2.75, 3.05) is 0 Å². The maximum Gasteiger partial charge on any atom is 0.342 e. The van der Waals surface area contributed by atoms with Crippen LogP contribution in [0.4, 0.5) is 5.82 Å². The highest BCUT2D eigenvalue weighted by Crippen LogP contribution is 2.13.